The van der Waals surface area contributed by atoms with Gasteiger partial charge in [0, 0.05) is 5.56 Å². The van der Waals surface area contributed by atoms with Crippen molar-refractivity contribution in [2.45, 2.75) is 51.9 Å². The van der Waals surface area contributed by atoms with Crippen LogP contribution < -0.4 is 4.74 Å². The number of aromatic nitrogens is 1. The van der Waals surface area contributed by atoms with Gasteiger partial charge in [0.15, 0.2) is 6.17 Å². The zero-order valence-corrected chi connectivity index (χ0v) is 14.3. The van der Waals surface area contributed by atoms with Gasteiger partial charge >= 0.3 is 0 Å². The molecule has 0 N–H and O–H groups in total. The van der Waals surface area contributed by atoms with Gasteiger partial charge in [-0.3, -0.25) is 4.98 Å². The highest BCUT2D eigenvalue weighted by atomic mass is 19.2. The zero-order chi connectivity index (χ0) is 17.4. The van der Waals surface area contributed by atoms with Crippen LogP contribution in [0.2, 0.25) is 0 Å². The molecule has 0 saturated carbocycles. The van der Waals surface area contributed by atoms with E-state index in [1.807, 2.05) is 44.2 Å². The fraction of sp³-hybridized carbons (Fsp3) is 0.450. The Morgan fingerprint density at radius 2 is 1.75 bits per heavy atom. The summed E-state index contributed by atoms with van der Waals surface area (Å²) in [6, 6.07) is 11.6. The van der Waals surface area contributed by atoms with Crippen LogP contribution in [0, 0.1) is 6.92 Å². The van der Waals surface area contributed by atoms with Gasteiger partial charge < -0.3 is 4.74 Å². The second-order valence-electron chi connectivity index (χ2n) is 6.08. The molecule has 0 aliphatic rings. The van der Waals surface area contributed by atoms with E-state index in [1.54, 1.807) is 12.3 Å². The molecule has 24 heavy (non-hydrogen) atoms. The second kappa shape index (κ2) is 9.36. The first-order valence-corrected chi connectivity index (χ1v) is 8.54. The largest absolute Gasteiger partial charge is 0.489 e. The molecule has 0 saturated heterocycles. The molecule has 4 heteroatoms. The molecule has 1 aromatic carbocycles. The maximum absolute atomic E-state index is 13.8. The molecule has 0 amide bonds. The van der Waals surface area contributed by atoms with E-state index < -0.39 is 12.3 Å². The van der Waals surface area contributed by atoms with Crippen molar-refractivity contribution in [3.63, 3.8) is 0 Å². The summed E-state index contributed by atoms with van der Waals surface area (Å²) in [5, 5.41) is 0. The van der Waals surface area contributed by atoms with Crippen LogP contribution >= 0.6 is 0 Å². The highest BCUT2D eigenvalue weighted by molar-refractivity contribution is 5.59. The summed E-state index contributed by atoms with van der Waals surface area (Å²) in [7, 11) is 0. The Kier molecular flexibility index (Phi) is 7.16. The molecule has 0 radical (unpaired) electrons. The van der Waals surface area contributed by atoms with Crippen LogP contribution in [0.4, 0.5) is 8.78 Å². The van der Waals surface area contributed by atoms with Crippen LogP contribution in [0.5, 0.6) is 5.75 Å². The van der Waals surface area contributed by atoms with Crippen molar-refractivity contribution in [2.75, 3.05) is 6.61 Å². The topological polar surface area (TPSA) is 22.1 Å². The van der Waals surface area contributed by atoms with E-state index >= 15 is 0 Å². The maximum Gasteiger partial charge on any atom is 0.165 e. The number of aryl methyl sites for hydroxylation is 1. The molecule has 2 nitrogen and oxygen atoms in total. The highest BCUT2D eigenvalue weighted by Gasteiger charge is 2.20. The van der Waals surface area contributed by atoms with Gasteiger partial charge in [-0.25, -0.2) is 8.78 Å². The predicted molar refractivity (Wildman–Crippen MR) is 93.8 cm³/mol. The van der Waals surface area contributed by atoms with Crippen LogP contribution in [-0.2, 0) is 0 Å². The zero-order valence-electron chi connectivity index (χ0n) is 14.3. The summed E-state index contributed by atoms with van der Waals surface area (Å²) in [6.07, 6.45) is 1.38. The number of ether oxygens (including phenoxy) is 1. The Labute approximate surface area is 142 Å². The van der Waals surface area contributed by atoms with E-state index in [0.717, 1.165) is 24.1 Å². The lowest BCUT2D eigenvalue weighted by molar-refractivity contribution is 0.101. The number of hydrogen-bond donors (Lipinski definition) is 0. The number of unbranched alkanes of at least 4 members (excludes halogenated alkanes) is 2. The van der Waals surface area contributed by atoms with Crippen molar-refractivity contribution in [1.82, 2.24) is 4.98 Å². The van der Waals surface area contributed by atoms with Gasteiger partial charge in [0.2, 0.25) is 0 Å². The Balaban J connectivity index is 1.84. The molecular weight excluding hydrogens is 308 g/mol. The Bertz CT molecular complexity index is 598. The Morgan fingerprint density at radius 1 is 1.00 bits per heavy atom. The molecular formula is C20H25F2NO. The molecule has 0 bridgehead atoms. The maximum atomic E-state index is 13.8. The van der Waals surface area contributed by atoms with Gasteiger partial charge in [-0.15, -0.1) is 0 Å². The molecule has 2 rings (SSSR count). The number of halogens is 2. The van der Waals surface area contributed by atoms with Crippen LogP contribution in [-0.4, -0.2) is 23.9 Å². The number of nitrogens with zero attached hydrogens (tertiary/aromatic N) is 1. The first-order chi connectivity index (χ1) is 11.6. The smallest absolute Gasteiger partial charge is 0.165 e. The molecule has 0 unspecified atom stereocenters. The van der Waals surface area contributed by atoms with Crippen LogP contribution in [0.1, 0.15) is 38.2 Å². The molecule has 1 aromatic heterocycles. The lowest BCUT2D eigenvalue weighted by Gasteiger charge is -2.14. The lowest BCUT2D eigenvalue weighted by atomic mass is 10.1. The van der Waals surface area contributed by atoms with Crippen molar-refractivity contribution in [3.8, 4) is 17.0 Å². The number of benzene rings is 1. The van der Waals surface area contributed by atoms with Crippen molar-refractivity contribution in [3.05, 3.63) is 48.2 Å². The van der Waals surface area contributed by atoms with Crippen LogP contribution in [0.15, 0.2) is 42.6 Å². The third kappa shape index (κ3) is 5.59. The number of pyridine rings is 1. The quantitative estimate of drug-likeness (QED) is 0.550. The van der Waals surface area contributed by atoms with E-state index in [4.69, 9.17) is 4.74 Å². The summed E-state index contributed by atoms with van der Waals surface area (Å²) >= 11 is 0. The number of rotatable bonds is 9. The van der Waals surface area contributed by atoms with Crippen molar-refractivity contribution < 1.29 is 13.5 Å². The van der Waals surface area contributed by atoms with Gasteiger partial charge in [0.05, 0.1) is 11.9 Å². The van der Waals surface area contributed by atoms with Crippen molar-refractivity contribution in [2.24, 2.45) is 0 Å². The molecule has 130 valence electrons. The van der Waals surface area contributed by atoms with Gasteiger partial charge in [0.1, 0.15) is 18.5 Å². The average Bonchev–Trinajstić information content (AvgIpc) is 2.61. The normalized spacial score (nSPS) is 13.5. The minimum Gasteiger partial charge on any atom is -0.489 e. The molecule has 0 aliphatic carbocycles. The molecule has 2 aromatic rings. The molecule has 1 heterocycles. The van der Waals surface area contributed by atoms with Gasteiger partial charge in [0.25, 0.3) is 0 Å². The highest BCUT2D eigenvalue weighted by Crippen LogP contribution is 2.21. The predicted octanol–water partition coefficient (Wildman–Crippen LogP) is 5.69. The molecule has 2 atom stereocenters. The van der Waals surface area contributed by atoms with Crippen LogP contribution in [0.25, 0.3) is 11.3 Å². The Morgan fingerprint density at radius 3 is 2.38 bits per heavy atom. The third-order valence-electron chi connectivity index (χ3n) is 3.97. The molecule has 0 spiro atoms. The molecule has 0 aliphatic heterocycles. The van der Waals surface area contributed by atoms with E-state index in [0.29, 0.717) is 12.2 Å². The fourth-order valence-corrected chi connectivity index (χ4v) is 2.41. The first-order valence-electron chi connectivity index (χ1n) is 8.54. The number of hydrogen-bond acceptors (Lipinski definition) is 2. The van der Waals surface area contributed by atoms with Gasteiger partial charge in [-0.1, -0.05) is 56.0 Å². The first kappa shape index (κ1) is 18.4. The summed E-state index contributed by atoms with van der Waals surface area (Å²) in [6.45, 7) is 3.79. The summed E-state index contributed by atoms with van der Waals surface area (Å²) in [5.74, 6) is 0.453. The molecule has 0 fully saturated rings. The summed E-state index contributed by atoms with van der Waals surface area (Å²) in [4.78, 5) is 4.32. The van der Waals surface area contributed by atoms with Crippen LogP contribution in [0.3, 0.4) is 0 Å². The average molecular weight is 333 g/mol. The van der Waals surface area contributed by atoms with Crippen molar-refractivity contribution >= 4 is 0 Å². The fourth-order valence-electron chi connectivity index (χ4n) is 2.41. The van der Waals surface area contributed by atoms with Gasteiger partial charge in [-0.05, 0) is 25.5 Å². The van der Waals surface area contributed by atoms with Crippen molar-refractivity contribution in [1.29, 1.82) is 0 Å². The monoisotopic (exact) mass is 333 g/mol. The van der Waals surface area contributed by atoms with Gasteiger partial charge in [-0.2, -0.15) is 0 Å². The minimum atomic E-state index is -1.60. The third-order valence-corrected chi connectivity index (χ3v) is 3.97. The Hall–Kier alpha value is -1.97. The van der Waals surface area contributed by atoms with E-state index in [1.165, 1.54) is 5.56 Å². The summed E-state index contributed by atoms with van der Waals surface area (Å²) in [5.41, 5.74) is 3.02. The standard InChI is InChI=1S/C20H25F2NO/c1-3-4-5-6-18(21)19(22)14-24-17-11-12-20(23-13-17)16-9-7-15(2)8-10-16/h7-13,18-19H,3-6,14H2,1-2H3/t18-,19-/m0/s1. The minimum absolute atomic E-state index is 0.253. The van der Waals surface area contributed by atoms with E-state index in [2.05, 4.69) is 4.98 Å². The summed E-state index contributed by atoms with van der Waals surface area (Å²) < 4.78 is 32.8. The second-order valence-corrected chi connectivity index (χ2v) is 6.08. The number of alkyl halides is 2. The lowest BCUT2D eigenvalue weighted by Crippen LogP contribution is -2.24. The van der Waals surface area contributed by atoms with E-state index in [-0.39, 0.29) is 13.0 Å². The SMILES string of the molecule is CCCCC[C@H](F)[C@@H](F)COc1ccc(-c2ccc(C)cc2)nc1. The van der Waals surface area contributed by atoms with E-state index in [9.17, 15) is 8.78 Å².